The molecule has 1 saturated heterocycles. The Bertz CT molecular complexity index is 695. The second-order valence-corrected chi connectivity index (χ2v) is 6.76. The average molecular weight is 356 g/mol. The highest BCUT2D eigenvalue weighted by Gasteiger charge is 2.25. The highest BCUT2D eigenvalue weighted by molar-refractivity contribution is 5.64. The molecule has 26 heavy (non-hydrogen) atoms. The van der Waals surface area contributed by atoms with Gasteiger partial charge >= 0.3 is 0 Å². The zero-order valence-corrected chi connectivity index (χ0v) is 15.0. The number of likely N-dealkylation sites (tertiary alicyclic amines) is 1. The lowest BCUT2D eigenvalue weighted by molar-refractivity contribution is -0.112. The number of hydrogen-bond donors (Lipinski definition) is 1. The average Bonchev–Trinajstić information content (AvgIpc) is 2.69. The maximum absolute atomic E-state index is 13.0. The van der Waals surface area contributed by atoms with E-state index in [4.69, 9.17) is 4.74 Å². The van der Waals surface area contributed by atoms with Crippen molar-refractivity contribution in [2.45, 2.75) is 25.4 Å². The van der Waals surface area contributed by atoms with Crippen LogP contribution in [0.5, 0.6) is 5.75 Å². The van der Waals surface area contributed by atoms with Gasteiger partial charge in [-0.15, -0.1) is 0 Å². The number of halogens is 1. The third kappa shape index (κ3) is 4.82. The van der Waals surface area contributed by atoms with Crippen LogP contribution in [0.2, 0.25) is 0 Å². The summed E-state index contributed by atoms with van der Waals surface area (Å²) >= 11 is 0. The molecule has 2 aromatic carbocycles. The molecule has 1 heterocycles. The molecule has 0 aromatic heterocycles. The van der Waals surface area contributed by atoms with Crippen LogP contribution >= 0.6 is 0 Å². The van der Waals surface area contributed by atoms with Crippen LogP contribution in [0.4, 0.5) is 10.1 Å². The molecule has 5 heteroatoms. The molecule has 4 nitrogen and oxygen atoms in total. The van der Waals surface area contributed by atoms with E-state index in [2.05, 4.69) is 10.2 Å². The summed E-state index contributed by atoms with van der Waals surface area (Å²) in [7, 11) is 1.63. The van der Waals surface area contributed by atoms with Crippen LogP contribution in [0.1, 0.15) is 18.4 Å². The van der Waals surface area contributed by atoms with Crippen molar-refractivity contribution >= 4 is 12.0 Å². The molecular weight excluding hydrogens is 331 g/mol. The van der Waals surface area contributed by atoms with Crippen molar-refractivity contribution in [3.8, 4) is 5.75 Å². The molecule has 0 aliphatic carbocycles. The van der Waals surface area contributed by atoms with E-state index in [1.54, 1.807) is 7.11 Å². The van der Waals surface area contributed by atoms with Crippen molar-refractivity contribution in [2.75, 3.05) is 25.5 Å². The topological polar surface area (TPSA) is 41.6 Å². The molecule has 3 rings (SSSR count). The summed E-state index contributed by atoms with van der Waals surface area (Å²) in [5, 5.41) is 3.28. The summed E-state index contributed by atoms with van der Waals surface area (Å²) in [4.78, 5) is 13.8. The van der Waals surface area contributed by atoms with E-state index in [1.165, 1.54) is 17.7 Å². The first kappa shape index (κ1) is 18.4. The Hall–Kier alpha value is -2.40. The number of piperidine rings is 1. The SMILES string of the molecule is COc1ccc(NC(C=O)N2CCC(Cc3ccc(F)cc3)CC2)cc1. The first-order valence-corrected chi connectivity index (χ1v) is 9.02. The van der Waals surface area contributed by atoms with Crippen LogP contribution in [0, 0.1) is 11.7 Å². The molecule has 1 N–H and O–H groups in total. The largest absolute Gasteiger partial charge is 0.497 e. The minimum absolute atomic E-state index is 0.193. The zero-order chi connectivity index (χ0) is 18.4. The van der Waals surface area contributed by atoms with Gasteiger partial charge in [0.1, 0.15) is 17.7 Å². The number of nitrogens with one attached hydrogen (secondary N) is 1. The molecule has 1 atom stereocenters. The maximum atomic E-state index is 13.0. The van der Waals surface area contributed by atoms with E-state index in [9.17, 15) is 9.18 Å². The van der Waals surface area contributed by atoms with Gasteiger partial charge in [-0.3, -0.25) is 9.69 Å². The van der Waals surface area contributed by atoms with Crippen molar-refractivity contribution in [1.82, 2.24) is 4.90 Å². The second-order valence-electron chi connectivity index (χ2n) is 6.76. The lowest BCUT2D eigenvalue weighted by Gasteiger charge is -2.36. The van der Waals surface area contributed by atoms with E-state index in [-0.39, 0.29) is 12.0 Å². The molecule has 1 aliphatic heterocycles. The van der Waals surface area contributed by atoms with E-state index in [0.29, 0.717) is 5.92 Å². The second kappa shape index (κ2) is 8.81. The minimum atomic E-state index is -0.324. The number of methoxy groups -OCH3 is 1. The van der Waals surface area contributed by atoms with Crippen molar-refractivity contribution < 1.29 is 13.9 Å². The van der Waals surface area contributed by atoms with E-state index in [1.807, 2.05) is 36.4 Å². The third-order valence-corrected chi connectivity index (χ3v) is 5.01. The van der Waals surface area contributed by atoms with Crippen molar-refractivity contribution in [2.24, 2.45) is 5.92 Å². The smallest absolute Gasteiger partial charge is 0.157 e. The Labute approximate surface area is 154 Å². The van der Waals surface area contributed by atoms with Crippen LogP contribution in [0.25, 0.3) is 0 Å². The summed E-state index contributed by atoms with van der Waals surface area (Å²) in [5.74, 6) is 1.17. The molecule has 0 spiro atoms. The molecule has 0 radical (unpaired) electrons. The van der Waals surface area contributed by atoms with Crippen LogP contribution in [-0.2, 0) is 11.2 Å². The molecular formula is C21H25FN2O2. The maximum Gasteiger partial charge on any atom is 0.157 e. The van der Waals surface area contributed by atoms with Gasteiger partial charge in [0, 0.05) is 18.8 Å². The fourth-order valence-electron chi connectivity index (χ4n) is 3.46. The van der Waals surface area contributed by atoms with Crippen molar-refractivity contribution in [1.29, 1.82) is 0 Å². The molecule has 1 unspecified atom stereocenters. The number of rotatable bonds is 7. The number of hydrogen-bond acceptors (Lipinski definition) is 4. The van der Waals surface area contributed by atoms with Crippen LogP contribution in [0.15, 0.2) is 48.5 Å². The van der Waals surface area contributed by atoms with Gasteiger partial charge in [0.2, 0.25) is 0 Å². The molecule has 2 aromatic rings. The number of carbonyl (C=O) groups is 1. The summed E-state index contributed by atoms with van der Waals surface area (Å²) < 4.78 is 18.2. The summed E-state index contributed by atoms with van der Waals surface area (Å²) in [6.45, 7) is 1.75. The van der Waals surface area contributed by atoms with Gasteiger partial charge in [-0.25, -0.2) is 4.39 Å². The van der Waals surface area contributed by atoms with Crippen molar-refractivity contribution in [3.63, 3.8) is 0 Å². The molecule has 1 aliphatic rings. The van der Waals surface area contributed by atoms with Crippen LogP contribution < -0.4 is 10.1 Å². The number of anilines is 1. The first-order valence-electron chi connectivity index (χ1n) is 9.02. The fourth-order valence-corrected chi connectivity index (χ4v) is 3.46. The number of carbonyl (C=O) groups excluding carboxylic acids is 1. The number of aldehydes is 1. The molecule has 138 valence electrons. The van der Waals surface area contributed by atoms with Crippen LogP contribution in [-0.4, -0.2) is 37.6 Å². The normalized spacial score (nSPS) is 16.8. The van der Waals surface area contributed by atoms with Gasteiger partial charge in [-0.05, 0) is 67.1 Å². The van der Waals surface area contributed by atoms with Gasteiger partial charge < -0.3 is 10.1 Å². The van der Waals surface area contributed by atoms with Gasteiger partial charge in [0.15, 0.2) is 6.29 Å². The van der Waals surface area contributed by atoms with Gasteiger partial charge in [-0.2, -0.15) is 0 Å². The quantitative estimate of drug-likeness (QED) is 0.768. The predicted octanol–water partition coefficient (Wildman–Crippen LogP) is 3.73. The monoisotopic (exact) mass is 356 g/mol. The Morgan fingerprint density at radius 3 is 2.38 bits per heavy atom. The van der Waals surface area contributed by atoms with Gasteiger partial charge in [0.25, 0.3) is 0 Å². The highest BCUT2D eigenvalue weighted by Crippen LogP contribution is 2.24. The predicted molar refractivity (Wildman–Crippen MR) is 101 cm³/mol. The minimum Gasteiger partial charge on any atom is -0.497 e. The molecule has 1 fully saturated rings. The number of ether oxygens (including phenoxy) is 1. The Kier molecular flexibility index (Phi) is 6.23. The molecule has 0 bridgehead atoms. The molecule has 0 saturated carbocycles. The van der Waals surface area contributed by atoms with Crippen molar-refractivity contribution in [3.05, 3.63) is 59.9 Å². The summed E-state index contributed by atoms with van der Waals surface area (Å²) in [5.41, 5.74) is 2.07. The number of benzene rings is 2. The Morgan fingerprint density at radius 2 is 1.81 bits per heavy atom. The standard InChI is InChI=1S/C21H25FN2O2/c1-26-20-8-6-19(7-9-20)23-21(15-25)24-12-10-17(11-13-24)14-16-2-4-18(22)5-3-16/h2-9,15,17,21,23H,10-14H2,1H3. The lowest BCUT2D eigenvalue weighted by Crippen LogP contribution is -2.46. The summed E-state index contributed by atoms with van der Waals surface area (Å²) in [6, 6.07) is 14.3. The van der Waals surface area contributed by atoms with E-state index < -0.39 is 0 Å². The zero-order valence-electron chi connectivity index (χ0n) is 15.0. The van der Waals surface area contributed by atoms with E-state index in [0.717, 1.165) is 50.1 Å². The van der Waals surface area contributed by atoms with Gasteiger partial charge in [-0.1, -0.05) is 12.1 Å². The molecule has 0 amide bonds. The van der Waals surface area contributed by atoms with E-state index >= 15 is 0 Å². The summed E-state index contributed by atoms with van der Waals surface area (Å²) in [6.07, 6.45) is 3.67. The number of nitrogens with zero attached hydrogens (tertiary/aromatic N) is 1. The lowest BCUT2D eigenvalue weighted by atomic mass is 9.90. The Morgan fingerprint density at radius 1 is 1.15 bits per heavy atom. The third-order valence-electron chi connectivity index (χ3n) is 5.01. The first-order chi connectivity index (χ1) is 12.7. The fraction of sp³-hybridized carbons (Fsp3) is 0.381. The highest BCUT2D eigenvalue weighted by atomic mass is 19.1. The van der Waals surface area contributed by atoms with Gasteiger partial charge in [0.05, 0.1) is 7.11 Å². The Balaban J connectivity index is 1.51. The van der Waals surface area contributed by atoms with Crippen LogP contribution in [0.3, 0.4) is 0 Å².